The summed E-state index contributed by atoms with van der Waals surface area (Å²) < 4.78 is 19.2. The molecule has 0 bridgehead atoms. The summed E-state index contributed by atoms with van der Waals surface area (Å²) >= 11 is 9.15. The quantitative estimate of drug-likeness (QED) is 0.829. The summed E-state index contributed by atoms with van der Waals surface area (Å²) in [5.74, 6) is -0.438. The Balaban J connectivity index is 2.31. The number of rotatable bonds is 4. The molecule has 0 saturated heterocycles. The van der Waals surface area contributed by atoms with Gasteiger partial charge in [-0.15, -0.1) is 0 Å². The summed E-state index contributed by atoms with van der Waals surface area (Å²) in [5, 5.41) is 3.14. The fraction of sp³-hybridized carbons (Fsp3) is 0.133. The monoisotopic (exact) mass is 371 g/mol. The van der Waals surface area contributed by atoms with Crippen LogP contribution < -0.4 is 10.1 Å². The highest BCUT2D eigenvalue weighted by Crippen LogP contribution is 2.29. The molecule has 21 heavy (non-hydrogen) atoms. The van der Waals surface area contributed by atoms with Crippen LogP contribution in [-0.2, 0) is 0 Å². The van der Waals surface area contributed by atoms with Crippen molar-refractivity contribution in [1.82, 2.24) is 0 Å². The van der Waals surface area contributed by atoms with E-state index in [-0.39, 0.29) is 5.56 Å². The number of carbonyl (C=O) groups excluding carboxylic acids is 1. The van der Waals surface area contributed by atoms with Crippen LogP contribution in [0.5, 0.6) is 5.75 Å². The molecule has 0 radical (unpaired) electrons. The largest absolute Gasteiger partial charge is 0.492 e. The third-order valence-corrected chi connectivity index (χ3v) is 3.59. The van der Waals surface area contributed by atoms with Gasteiger partial charge in [0, 0.05) is 9.50 Å². The van der Waals surface area contributed by atoms with E-state index in [2.05, 4.69) is 21.2 Å². The van der Waals surface area contributed by atoms with E-state index in [1.165, 1.54) is 12.1 Å². The molecule has 0 saturated carbocycles. The minimum atomic E-state index is -0.487. The van der Waals surface area contributed by atoms with Gasteiger partial charge in [0.25, 0.3) is 5.91 Å². The topological polar surface area (TPSA) is 38.3 Å². The number of carbonyl (C=O) groups is 1. The lowest BCUT2D eigenvalue weighted by Crippen LogP contribution is -2.14. The van der Waals surface area contributed by atoms with Gasteiger partial charge in [-0.2, -0.15) is 0 Å². The average Bonchev–Trinajstić information content (AvgIpc) is 2.44. The van der Waals surface area contributed by atoms with Gasteiger partial charge in [0.05, 0.1) is 17.9 Å². The van der Waals surface area contributed by atoms with E-state index in [4.69, 9.17) is 16.3 Å². The number of hydrogen-bond donors (Lipinski definition) is 1. The minimum absolute atomic E-state index is 0.192. The summed E-state index contributed by atoms with van der Waals surface area (Å²) in [6.07, 6.45) is 0. The van der Waals surface area contributed by atoms with E-state index < -0.39 is 11.7 Å². The van der Waals surface area contributed by atoms with Gasteiger partial charge in [0.2, 0.25) is 0 Å². The van der Waals surface area contributed by atoms with Crippen LogP contribution in [0.15, 0.2) is 40.9 Å². The molecule has 0 aliphatic rings. The summed E-state index contributed by atoms with van der Waals surface area (Å²) in [6, 6.07) is 8.82. The molecule has 1 amide bonds. The van der Waals surface area contributed by atoms with Crippen molar-refractivity contribution in [2.45, 2.75) is 6.92 Å². The number of amides is 1. The number of halogens is 3. The fourth-order valence-corrected chi connectivity index (χ4v) is 2.34. The van der Waals surface area contributed by atoms with Crippen molar-refractivity contribution in [3.8, 4) is 5.75 Å². The second kappa shape index (κ2) is 6.91. The normalized spacial score (nSPS) is 10.3. The zero-order valence-corrected chi connectivity index (χ0v) is 13.5. The molecular formula is C15H12BrClFNO2. The van der Waals surface area contributed by atoms with Gasteiger partial charge in [0.15, 0.2) is 0 Å². The van der Waals surface area contributed by atoms with Crippen LogP contribution in [0.1, 0.15) is 17.3 Å². The van der Waals surface area contributed by atoms with Crippen molar-refractivity contribution in [3.63, 3.8) is 0 Å². The first-order chi connectivity index (χ1) is 10.0. The zero-order valence-electron chi connectivity index (χ0n) is 11.1. The molecular weight excluding hydrogens is 361 g/mol. The second-order valence-corrected chi connectivity index (χ2v) is 5.44. The number of nitrogens with one attached hydrogen (secondary N) is 1. The molecule has 2 aromatic carbocycles. The Bertz CT molecular complexity index is 679. The molecule has 0 fully saturated rings. The molecule has 1 N–H and O–H groups in total. The van der Waals surface area contributed by atoms with Gasteiger partial charge < -0.3 is 10.1 Å². The van der Waals surface area contributed by atoms with E-state index in [0.29, 0.717) is 27.5 Å². The fourth-order valence-electron chi connectivity index (χ4n) is 1.74. The van der Waals surface area contributed by atoms with E-state index in [0.717, 1.165) is 6.07 Å². The van der Waals surface area contributed by atoms with Crippen LogP contribution in [0.4, 0.5) is 10.1 Å². The first kappa shape index (κ1) is 15.8. The van der Waals surface area contributed by atoms with Crippen LogP contribution in [0.2, 0.25) is 5.02 Å². The molecule has 0 atom stereocenters. The number of hydrogen-bond acceptors (Lipinski definition) is 2. The lowest BCUT2D eigenvalue weighted by Gasteiger charge is -2.12. The van der Waals surface area contributed by atoms with Crippen LogP contribution in [-0.4, -0.2) is 12.5 Å². The Morgan fingerprint density at radius 3 is 2.81 bits per heavy atom. The maximum Gasteiger partial charge on any atom is 0.257 e. The lowest BCUT2D eigenvalue weighted by molar-refractivity contribution is 0.102. The molecule has 6 heteroatoms. The highest BCUT2D eigenvalue weighted by atomic mass is 79.9. The van der Waals surface area contributed by atoms with Crippen LogP contribution in [0, 0.1) is 5.82 Å². The van der Waals surface area contributed by atoms with Crippen molar-refractivity contribution in [1.29, 1.82) is 0 Å². The van der Waals surface area contributed by atoms with Gasteiger partial charge in [-0.1, -0.05) is 11.6 Å². The number of anilines is 1. The third kappa shape index (κ3) is 3.95. The molecule has 0 aromatic heterocycles. The second-order valence-electron chi connectivity index (χ2n) is 4.15. The van der Waals surface area contributed by atoms with Crippen molar-refractivity contribution in [2.24, 2.45) is 0 Å². The Hall–Kier alpha value is -1.59. The van der Waals surface area contributed by atoms with Gasteiger partial charge in [-0.25, -0.2) is 4.39 Å². The summed E-state index contributed by atoms with van der Waals surface area (Å²) in [7, 11) is 0. The van der Waals surface area contributed by atoms with E-state index in [1.54, 1.807) is 18.2 Å². The summed E-state index contributed by atoms with van der Waals surface area (Å²) in [6.45, 7) is 2.29. The van der Waals surface area contributed by atoms with Crippen molar-refractivity contribution >= 4 is 39.1 Å². The Morgan fingerprint density at radius 2 is 2.10 bits per heavy atom. The third-order valence-electron chi connectivity index (χ3n) is 2.66. The molecule has 2 rings (SSSR count). The Kier molecular flexibility index (Phi) is 5.20. The number of benzene rings is 2. The zero-order chi connectivity index (χ0) is 15.4. The Morgan fingerprint density at radius 1 is 1.33 bits per heavy atom. The predicted molar refractivity (Wildman–Crippen MR) is 84.7 cm³/mol. The van der Waals surface area contributed by atoms with Crippen LogP contribution in [0.25, 0.3) is 0 Å². The highest BCUT2D eigenvalue weighted by Gasteiger charge is 2.14. The molecule has 0 spiro atoms. The standard InChI is InChI=1S/C15H12BrClFNO2/c1-2-21-14-6-3-9(17)7-13(14)19-15(20)11-8-10(18)4-5-12(11)16/h3-8H,2H2,1H3,(H,19,20). The van der Waals surface area contributed by atoms with Crippen LogP contribution in [0.3, 0.4) is 0 Å². The average molecular weight is 373 g/mol. The molecule has 2 aromatic rings. The maximum absolute atomic E-state index is 13.3. The van der Waals surface area contributed by atoms with Gasteiger partial charge in [0.1, 0.15) is 11.6 Å². The van der Waals surface area contributed by atoms with Crippen molar-refractivity contribution in [3.05, 3.63) is 57.3 Å². The number of ether oxygens (including phenoxy) is 1. The van der Waals surface area contributed by atoms with Gasteiger partial charge in [-0.05, 0) is 59.3 Å². The van der Waals surface area contributed by atoms with E-state index in [1.807, 2.05) is 6.92 Å². The minimum Gasteiger partial charge on any atom is -0.492 e. The predicted octanol–water partition coefficient (Wildman–Crippen LogP) is 4.89. The summed E-state index contributed by atoms with van der Waals surface area (Å²) in [5.41, 5.74) is 0.628. The molecule has 0 aliphatic heterocycles. The van der Waals surface area contributed by atoms with Crippen molar-refractivity contribution < 1.29 is 13.9 Å². The first-order valence-electron chi connectivity index (χ1n) is 6.20. The molecule has 110 valence electrons. The van der Waals surface area contributed by atoms with Gasteiger partial charge in [-0.3, -0.25) is 4.79 Å². The highest BCUT2D eigenvalue weighted by molar-refractivity contribution is 9.10. The Labute approximate surface area is 135 Å². The summed E-state index contributed by atoms with van der Waals surface area (Å²) in [4.78, 5) is 12.2. The van der Waals surface area contributed by atoms with E-state index >= 15 is 0 Å². The van der Waals surface area contributed by atoms with Gasteiger partial charge >= 0.3 is 0 Å². The van der Waals surface area contributed by atoms with Crippen molar-refractivity contribution in [2.75, 3.05) is 11.9 Å². The molecule has 0 aliphatic carbocycles. The molecule has 0 heterocycles. The SMILES string of the molecule is CCOc1ccc(Cl)cc1NC(=O)c1cc(F)ccc1Br. The first-order valence-corrected chi connectivity index (χ1v) is 7.37. The lowest BCUT2D eigenvalue weighted by atomic mass is 10.2. The van der Waals surface area contributed by atoms with E-state index in [9.17, 15) is 9.18 Å². The smallest absolute Gasteiger partial charge is 0.257 e. The molecule has 0 unspecified atom stereocenters. The maximum atomic E-state index is 13.3. The van der Waals surface area contributed by atoms with Crippen LogP contribution >= 0.6 is 27.5 Å². The molecule has 3 nitrogen and oxygen atoms in total.